The molecule has 0 amide bonds. The van der Waals surface area contributed by atoms with Gasteiger partial charge in [0.15, 0.2) is 0 Å². The number of hydrogen-bond acceptors (Lipinski definition) is 7. The quantitative estimate of drug-likeness (QED) is 0.752. The van der Waals surface area contributed by atoms with E-state index >= 15 is 0 Å². The van der Waals surface area contributed by atoms with Crippen molar-refractivity contribution >= 4 is 11.5 Å². The molecule has 7 heteroatoms. The maximum atomic E-state index is 9.14. The van der Waals surface area contributed by atoms with Gasteiger partial charge < -0.3 is 25.8 Å². The van der Waals surface area contributed by atoms with Crippen molar-refractivity contribution in [2.24, 2.45) is 0 Å². The normalized spacial score (nSPS) is 12.1. The Bertz CT molecular complexity index is 827. The van der Waals surface area contributed by atoms with Gasteiger partial charge in [0.1, 0.15) is 35.6 Å². The molecule has 0 unspecified atom stereocenters. The molecule has 1 aromatic carbocycles. The van der Waals surface area contributed by atoms with Crippen LogP contribution in [0.15, 0.2) is 18.2 Å². The molecule has 2 aromatic rings. The van der Waals surface area contributed by atoms with Crippen LogP contribution in [0.5, 0.6) is 17.4 Å². The van der Waals surface area contributed by atoms with Crippen LogP contribution in [0.2, 0.25) is 0 Å². The van der Waals surface area contributed by atoms with E-state index in [0.717, 1.165) is 17.9 Å². The van der Waals surface area contributed by atoms with Gasteiger partial charge in [-0.1, -0.05) is 6.07 Å². The number of aromatic nitrogens is 1. The van der Waals surface area contributed by atoms with Crippen molar-refractivity contribution in [1.82, 2.24) is 9.88 Å². The Labute approximate surface area is 140 Å². The smallest absolute Gasteiger partial charge is 0.226 e. The van der Waals surface area contributed by atoms with E-state index in [2.05, 4.69) is 4.98 Å². The van der Waals surface area contributed by atoms with E-state index in [9.17, 15) is 0 Å². The van der Waals surface area contributed by atoms with E-state index in [1.54, 1.807) is 0 Å². The van der Waals surface area contributed by atoms with Crippen molar-refractivity contribution < 1.29 is 9.47 Å². The Morgan fingerprint density at radius 1 is 1.38 bits per heavy atom. The van der Waals surface area contributed by atoms with Crippen LogP contribution < -0.4 is 20.9 Å². The minimum Gasteiger partial charge on any atom is -0.492 e. The number of nitrogen functional groups attached to an aromatic ring is 2. The third-order valence-electron chi connectivity index (χ3n) is 3.86. The van der Waals surface area contributed by atoms with Crippen molar-refractivity contribution in [3.05, 3.63) is 34.9 Å². The summed E-state index contributed by atoms with van der Waals surface area (Å²) in [6, 6.07) is 7.65. The molecule has 0 radical (unpaired) electrons. The van der Waals surface area contributed by atoms with E-state index in [1.807, 2.05) is 43.3 Å². The van der Waals surface area contributed by atoms with Crippen LogP contribution in [0.1, 0.15) is 16.7 Å². The first kappa shape index (κ1) is 15.9. The third kappa shape index (κ3) is 2.92. The minimum absolute atomic E-state index is 0.0792. The van der Waals surface area contributed by atoms with Gasteiger partial charge in [-0.15, -0.1) is 0 Å². The average Bonchev–Trinajstić information content (AvgIpc) is 2.53. The highest BCUT2D eigenvalue weighted by molar-refractivity contribution is 5.72. The summed E-state index contributed by atoms with van der Waals surface area (Å²) in [4.78, 5) is 6.21. The molecule has 4 N–H and O–H groups in total. The lowest BCUT2D eigenvalue weighted by atomic mass is 9.99. The number of likely N-dealkylation sites (N-methyl/N-ethyl adjacent to an activating group) is 1. The van der Waals surface area contributed by atoms with Crippen molar-refractivity contribution in [1.29, 1.82) is 5.26 Å². The van der Waals surface area contributed by atoms with Gasteiger partial charge in [0.25, 0.3) is 0 Å². The third-order valence-corrected chi connectivity index (χ3v) is 3.86. The lowest BCUT2D eigenvalue weighted by Gasteiger charge is -2.22. The molecule has 124 valence electrons. The standard InChI is InChI=1S/C17H19N5O2/c1-22(2)5-6-23-11-4-3-10-7-12-15(19)13(9-18)16(20)21-17(12)24-14(10)8-11/h3-4,8H,5-7H2,1-2H3,(H4,19,20,21). The maximum Gasteiger partial charge on any atom is 0.226 e. The van der Waals surface area contributed by atoms with Gasteiger partial charge in [0.05, 0.1) is 5.69 Å². The number of rotatable bonds is 4. The van der Waals surface area contributed by atoms with Crippen molar-refractivity contribution in [2.75, 3.05) is 38.7 Å². The molecule has 1 aliphatic heterocycles. The Morgan fingerprint density at radius 2 is 2.17 bits per heavy atom. The number of nitrogens with two attached hydrogens (primary N) is 2. The highest BCUT2D eigenvalue weighted by atomic mass is 16.5. The summed E-state index contributed by atoms with van der Waals surface area (Å²) in [5, 5.41) is 9.14. The highest BCUT2D eigenvalue weighted by Crippen LogP contribution is 2.41. The zero-order chi connectivity index (χ0) is 17.3. The fraction of sp³-hybridized carbons (Fsp3) is 0.294. The first-order valence-corrected chi connectivity index (χ1v) is 7.56. The van der Waals surface area contributed by atoms with Crippen molar-refractivity contribution in [3.8, 4) is 23.4 Å². The molecule has 0 saturated carbocycles. The van der Waals surface area contributed by atoms with Crippen molar-refractivity contribution in [2.45, 2.75) is 6.42 Å². The monoisotopic (exact) mass is 325 g/mol. The second kappa shape index (κ2) is 6.26. The maximum absolute atomic E-state index is 9.14. The molecule has 2 heterocycles. The van der Waals surface area contributed by atoms with Crippen LogP contribution in [0.3, 0.4) is 0 Å². The van der Waals surface area contributed by atoms with Crippen LogP contribution in [0.25, 0.3) is 0 Å². The summed E-state index contributed by atoms with van der Waals surface area (Å²) in [7, 11) is 3.98. The lowest BCUT2D eigenvalue weighted by molar-refractivity contribution is 0.260. The summed E-state index contributed by atoms with van der Waals surface area (Å²) < 4.78 is 11.6. The molecule has 0 saturated heterocycles. The molecule has 1 aliphatic rings. The average molecular weight is 325 g/mol. The summed E-state index contributed by atoms with van der Waals surface area (Å²) in [5.74, 6) is 1.83. The summed E-state index contributed by atoms with van der Waals surface area (Å²) in [6.07, 6.45) is 0.538. The number of hydrogen-bond donors (Lipinski definition) is 2. The predicted octanol–water partition coefficient (Wildman–Crippen LogP) is 1.75. The number of anilines is 2. The van der Waals surface area contributed by atoms with E-state index in [-0.39, 0.29) is 11.4 Å². The molecular formula is C17H19N5O2. The first-order chi connectivity index (χ1) is 11.5. The molecular weight excluding hydrogens is 306 g/mol. The van der Waals surface area contributed by atoms with Crippen LogP contribution in [-0.2, 0) is 6.42 Å². The van der Waals surface area contributed by atoms with E-state index < -0.39 is 0 Å². The fourth-order valence-corrected chi connectivity index (χ4v) is 2.52. The summed E-state index contributed by atoms with van der Waals surface area (Å²) >= 11 is 0. The number of ether oxygens (including phenoxy) is 2. The van der Waals surface area contributed by atoms with Gasteiger partial charge in [-0.3, -0.25) is 0 Å². The minimum atomic E-state index is 0.0792. The molecule has 1 aromatic heterocycles. The highest BCUT2D eigenvalue weighted by Gasteiger charge is 2.24. The Morgan fingerprint density at radius 3 is 2.88 bits per heavy atom. The molecule has 3 rings (SSSR count). The molecule has 0 spiro atoms. The Kier molecular flexibility index (Phi) is 4.15. The largest absolute Gasteiger partial charge is 0.492 e. The predicted molar refractivity (Wildman–Crippen MR) is 91.1 cm³/mol. The van der Waals surface area contributed by atoms with Gasteiger partial charge >= 0.3 is 0 Å². The fourth-order valence-electron chi connectivity index (χ4n) is 2.52. The van der Waals surface area contributed by atoms with Crippen LogP contribution in [0.4, 0.5) is 11.5 Å². The number of nitriles is 1. The SMILES string of the molecule is CN(C)CCOc1ccc2c(c1)Oc1nc(N)c(C#N)c(N)c1C2. The number of nitrogens with zero attached hydrogens (tertiary/aromatic N) is 3. The van der Waals surface area contributed by atoms with Gasteiger partial charge in [0, 0.05) is 24.6 Å². The second-order valence-corrected chi connectivity index (χ2v) is 5.88. The van der Waals surface area contributed by atoms with E-state index in [4.69, 9.17) is 26.2 Å². The molecule has 0 atom stereocenters. The zero-order valence-corrected chi connectivity index (χ0v) is 13.7. The molecule has 7 nitrogen and oxygen atoms in total. The van der Waals surface area contributed by atoms with Gasteiger partial charge in [-0.2, -0.15) is 10.2 Å². The summed E-state index contributed by atoms with van der Waals surface area (Å²) in [5.41, 5.74) is 14.0. The van der Waals surface area contributed by atoms with Crippen LogP contribution >= 0.6 is 0 Å². The number of benzene rings is 1. The zero-order valence-electron chi connectivity index (χ0n) is 13.7. The Balaban J connectivity index is 1.86. The van der Waals surface area contributed by atoms with Crippen molar-refractivity contribution in [3.63, 3.8) is 0 Å². The lowest BCUT2D eigenvalue weighted by Crippen LogP contribution is -2.19. The van der Waals surface area contributed by atoms with Crippen LogP contribution in [0, 0.1) is 11.3 Å². The first-order valence-electron chi connectivity index (χ1n) is 7.56. The molecule has 0 bridgehead atoms. The second-order valence-electron chi connectivity index (χ2n) is 5.88. The number of fused-ring (bicyclic) bond motifs is 2. The molecule has 24 heavy (non-hydrogen) atoms. The van der Waals surface area contributed by atoms with Gasteiger partial charge in [-0.25, -0.2) is 0 Å². The molecule has 0 fully saturated rings. The number of pyridine rings is 1. The van der Waals surface area contributed by atoms with Gasteiger partial charge in [-0.05, 0) is 25.7 Å². The molecule has 0 aliphatic carbocycles. The van der Waals surface area contributed by atoms with E-state index in [0.29, 0.717) is 35.9 Å². The topological polar surface area (TPSA) is 110 Å². The van der Waals surface area contributed by atoms with Gasteiger partial charge in [0.2, 0.25) is 5.88 Å². The summed E-state index contributed by atoms with van der Waals surface area (Å²) in [6.45, 7) is 1.42. The Hall–Kier alpha value is -2.98. The van der Waals surface area contributed by atoms with Crippen LogP contribution in [-0.4, -0.2) is 37.1 Å². The van der Waals surface area contributed by atoms with E-state index in [1.165, 1.54) is 0 Å².